The summed E-state index contributed by atoms with van der Waals surface area (Å²) >= 11 is 0. The van der Waals surface area contributed by atoms with Gasteiger partial charge in [-0.1, -0.05) is 0 Å². The lowest BCUT2D eigenvalue weighted by molar-refractivity contribution is -0.153. The fraction of sp³-hybridized carbons (Fsp3) is 0.500. The van der Waals surface area contributed by atoms with Crippen LogP contribution in [0.3, 0.4) is 0 Å². The van der Waals surface area contributed by atoms with Crippen LogP contribution >= 0.6 is 0 Å². The van der Waals surface area contributed by atoms with E-state index < -0.39 is 12.8 Å². The number of halogens is 3. The number of pyridine rings is 1. The number of rotatable bonds is 4. The van der Waals surface area contributed by atoms with Gasteiger partial charge in [-0.25, -0.2) is 0 Å². The zero-order valence-electron chi connectivity index (χ0n) is 9.01. The summed E-state index contributed by atoms with van der Waals surface area (Å²) in [5, 5.41) is 2.97. The summed E-state index contributed by atoms with van der Waals surface area (Å²) in [5.41, 5.74) is 0.752. The molecule has 1 heterocycles. The van der Waals surface area contributed by atoms with Crippen LogP contribution in [0.4, 0.5) is 13.2 Å². The maximum atomic E-state index is 11.8. The first-order valence-electron chi connectivity index (χ1n) is 4.75. The number of nitrogens with one attached hydrogen (secondary N) is 1. The van der Waals surface area contributed by atoms with Gasteiger partial charge in [-0.05, 0) is 26.1 Å². The molecule has 1 aromatic rings. The van der Waals surface area contributed by atoms with Crippen molar-refractivity contribution < 1.29 is 17.9 Å². The largest absolute Gasteiger partial charge is 0.483 e. The van der Waals surface area contributed by atoms with Crippen molar-refractivity contribution in [3.8, 4) is 5.75 Å². The molecule has 1 unspecified atom stereocenters. The quantitative estimate of drug-likeness (QED) is 0.868. The van der Waals surface area contributed by atoms with Gasteiger partial charge < -0.3 is 10.1 Å². The maximum absolute atomic E-state index is 11.8. The van der Waals surface area contributed by atoms with Crippen molar-refractivity contribution >= 4 is 0 Å². The van der Waals surface area contributed by atoms with Crippen LogP contribution < -0.4 is 10.1 Å². The van der Waals surface area contributed by atoms with Crippen molar-refractivity contribution in [1.82, 2.24) is 10.3 Å². The molecule has 90 valence electrons. The van der Waals surface area contributed by atoms with E-state index in [1.54, 1.807) is 13.1 Å². The lowest BCUT2D eigenvalue weighted by Gasteiger charge is -2.11. The van der Waals surface area contributed by atoms with Gasteiger partial charge in [-0.2, -0.15) is 13.2 Å². The van der Waals surface area contributed by atoms with E-state index in [9.17, 15) is 13.2 Å². The first kappa shape index (κ1) is 12.8. The van der Waals surface area contributed by atoms with Gasteiger partial charge in [-0.3, -0.25) is 4.98 Å². The van der Waals surface area contributed by atoms with Crippen molar-refractivity contribution in [3.63, 3.8) is 0 Å². The van der Waals surface area contributed by atoms with Crippen molar-refractivity contribution in [3.05, 3.63) is 24.0 Å². The number of ether oxygens (including phenoxy) is 1. The predicted octanol–water partition coefficient (Wildman–Crippen LogP) is 2.30. The maximum Gasteiger partial charge on any atom is 0.422 e. The Labute approximate surface area is 91.6 Å². The van der Waals surface area contributed by atoms with E-state index in [4.69, 9.17) is 0 Å². The van der Waals surface area contributed by atoms with E-state index in [2.05, 4.69) is 15.0 Å². The van der Waals surface area contributed by atoms with E-state index in [1.807, 2.05) is 6.92 Å². The summed E-state index contributed by atoms with van der Waals surface area (Å²) in [4.78, 5) is 4.00. The van der Waals surface area contributed by atoms with Crippen molar-refractivity contribution in [2.45, 2.75) is 19.1 Å². The third kappa shape index (κ3) is 4.06. The fourth-order valence-corrected chi connectivity index (χ4v) is 1.05. The molecule has 3 nitrogen and oxygen atoms in total. The molecular weight excluding hydrogens is 221 g/mol. The first-order valence-corrected chi connectivity index (χ1v) is 4.75. The summed E-state index contributed by atoms with van der Waals surface area (Å²) in [5.74, 6) is 0.115. The number of aromatic nitrogens is 1. The molecule has 0 aliphatic carbocycles. The monoisotopic (exact) mass is 234 g/mol. The molecule has 6 heteroatoms. The second kappa shape index (κ2) is 5.16. The zero-order valence-corrected chi connectivity index (χ0v) is 9.01. The van der Waals surface area contributed by atoms with Gasteiger partial charge >= 0.3 is 6.18 Å². The number of hydrogen-bond donors (Lipinski definition) is 1. The van der Waals surface area contributed by atoms with Crippen molar-refractivity contribution in [1.29, 1.82) is 0 Å². The Morgan fingerprint density at radius 3 is 2.56 bits per heavy atom. The van der Waals surface area contributed by atoms with Crippen molar-refractivity contribution in [2.24, 2.45) is 0 Å². The Hall–Kier alpha value is -1.30. The molecule has 0 bridgehead atoms. The number of nitrogens with zero attached hydrogens (tertiary/aromatic N) is 1. The third-order valence-electron chi connectivity index (χ3n) is 2.04. The lowest BCUT2D eigenvalue weighted by Crippen LogP contribution is -2.19. The number of hydrogen-bond acceptors (Lipinski definition) is 3. The highest BCUT2D eigenvalue weighted by atomic mass is 19.4. The standard InChI is InChI=1S/C10H13F3N2O/c1-7(14-2)9-4-3-8(5-15-9)16-6-10(11,12)13/h3-5,7,14H,6H2,1-2H3. The van der Waals surface area contributed by atoms with E-state index >= 15 is 0 Å². The van der Waals surface area contributed by atoms with Crippen LogP contribution in [-0.2, 0) is 0 Å². The average molecular weight is 234 g/mol. The Morgan fingerprint density at radius 2 is 2.12 bits per heavy atom. The molecule has 1 N–H and O–H groups in total. The van der Waals surface area contributed by atoms with Crippen LogP contribution in [-0.4, -0.2) is 24.8 Å². The van der Waals surface area contributed by atoms with E-state index in [-0.39, 0.29) is 11.8 Å². The Kier molecular flexibility index (Phi) is 4.12. The molecule has 1 atom stereocenters. The lowest BCUT2D eigenvalue weighted by atomic mass is 10.2. The van der Waals surface area contributed by atoms with Crippen molar-refractivity contribution in [2.75, 3.05) is 13.7 Å². The minimum absolute atomic E-state index is 0.0525. The molecule has 0 saturated heterocycles. The Balaban J connectivity index is 2.58. The summed E-state index contributed by atoms with van der Waals surface area (Å²) in [6.07, 6.45) is -3.04. The molecule has 0 aliphatic heterocycles. The van der Waals surface area contributed by atoms with Crippen LogP contribution in [0.15, 0.2) is 18.3 Å². The highest BCUT2D eigenvalue weighted by molar-refractivity contribution is 5.21. The topological polar surface area (TPSA) is 34.1 Å². The normalized spacial score (nSPS) is 13.6. The Morgan fingerprint density at radius 1 is 1.44 bits per heavy atom. The highest BCUT2D eigenvalue weighted by Gasteiger charge is 2.28. The third-order valence-corrected chi connectivity index (χ3v) is 2.04. The average Bonchev–Trinajstić information content (AvgIpc) is 2.25. The number of alkyl halides is 3. The van der Waals surface area contributed by atoms with Gasteiger partial charge in [0.05, 0.1) is 11.9 Å². The SMILES string of the molecule is CNC(C)c1ccc(OCC(F)(F)F)cn1. The van der Waals surface area contributed by atoms with Crippen LogP contribution in [0.1, 0.15) is 18.7 Å². The molecule has 1 aromatic heterocycles. The van der Waals surface area contributed by atoms with Gasteiger partial charge in [0.15, 0.2) is 6.61 Å². The molecule has 0 aromatic carbocycles. The smallest absolute Gasteiger partial charge is 0.422 e. The van der Waals surface area contributed by atoms with Crippen LogP contribution in [0, 0.1) is 0 Å². The molecule has 0 radical (unpaired) electrons. The minimum atomic E-state index is -4.32. The second-order valence-corrected chi connectivity index (χ2v) is 3.33. The highest BCUT2D eigenvalue weighted by Crippen LogP contribution is 2.18. The van der Waals surface area contributed by atoms with Gasteiger partial charge in [0, 0.05) is 6.04 Å². The van der Waals surface area contributed by atoms with Crippen LogP contribution in [0.5, 0.6) is 5.75 Å². The van der Waals surface area contributed by atoms with Gasteiger partial charge in [0.1, 0.15) is 5.75 Å². The van der Waals surface area contributed by atoms with Gasteiger partial charge in [0.2, 0.25) is 0 Å². The second-order valence-electron chi connectivity index (χ2n) is 3.33. The molecule has 16 heavy (non-hydrogen) atoms. The summed E-state index contributed by atoms with van der Waals surface area (Å²) in [6.45, 7) is 0.605. The fourth-order valence-electron chi connectivity index (χ4n) is 1.05. The summed E-state index contributed by atoms with van der Waals surface area (Å²) in [7, 11) is 1.78. The molecule has 0 aliphatic rings. The zero-order chi connectivity index (χ0) is 12.2. The van der Waals surface area contributed by atoms with E-state index in [0.29, 0.717) is 0 Å². The van der Waals surface area contributed by atoms with E-state index in [1.165, 1.54) is 12.3 Å². The summed E-state index contributed by atoms with van der Waals surface area (Å²) in [6, 6.07) is 3.16. The predicted molar refractivity (Wildman–Crippen MR) is 53.3 cm³/mol. The van der Waals surface area contributed by atoms with Crippen LogP contribution in [0.2, 0.25) is 0 Å². The van der Waals surface area contributed by atoms with E-state index in [0.717, 1.165) is 5.69 Å². The van der Waals surface area contributed by atoms with Gasteiger partial charge in [0.25, 0.3) is 0 Å². The first-order chi connectivity index (χ1) is 7.42. The van der Waals surface area contributed by atoms with Gasteiger partial charge in [-0.15, -0.1) is 0 Å². The summed E-state index contributed by atoms with van der Waals surface area (Å²) < 4.78 is 40.1. The van der Waals surface area contributed by atoms with Crippen LogP contribution in [0.25, 0.3) is 0 Å². The molecular formula is C10H13F3N2O. The molecule has 0 saturated carbocycles. The molecule has 0 fully saturated rings. The molecule has 0 spiro atoms. The molecule has 1 rings (SSSR count). The minimum Gasteiger partial charge on any atom is -0.483 e. The molecule has 0 amide bonds. The Bertz CT molecular complexity index is 324.